The van der Waals surface area contributed by atoms with Crippen molar-refractivity contribution in [3.8, 4) is 6.07 Å². The molecule has 2 aromatic carbocycles. The SMILES string of the molecule is CCc1ccc(NS(=O)(=O)c2ccc(C#N)cc2Cl)c(C)c1. The number of nitriles is 1. The van der Waals surface area contributed by atoms with E-state index in [1.165, 1.54) is 18.2 Å². The lowest BCUT2D eigenvalue weighted by atomic mass is 10.1. The largest absolute Gasteiger partial charge is 0.279 e. The summed E-state index contributed by atoms with van der Waals surface area (Å²) in [5, 5.41) is 8.83. The zero-order chi connectivity index (χ0) is 16.3. The highest BCUT2D eigenvalue weighted by Crippen LogP contribution is 2.26. The minimum Gasteiger partial charge on any atom is -0.279 e. The summed E-state index contributed by atoms with van der Waals surface area (Å²) in [5.74, 6) is 0. The summed E-state index contributed by atoms with van der Waals surface area (Å²) in [6.07, 6.45) is 0.884. The molecule has 2 aromatic rings. The fourth-order valence-electron chi connectivity index (χ4n) is 2.05. The molecular weight excluding hydrogens is 320 g/mol. The second-order valence-corrected chi connectivity index (χ2v) is 6.92. The zero-order valence-electron chi connectivity index (χ0n) is 12.2. The maximum atomic E-state index is 12.5. The van der Waals surface area contributed by atoms with Crippen molar-refractivity contribution in [2.75, 3.05) is 4.72 Å². The Morgan fingerprint density at radius 1 is 1.23 bits per heavy atom. The van der Waals surface area contributed by atoms with Crippen molar-refractivity contribution in [2.24, 2.45) is 0 Å². The third kappa shape index (κ3) is 3.41. The first-order chi connectivity index (χ1) is 10.4. The predicted molar refractivity (Wildman–Crippen MR) is 87.5 cm³/mol. The number of halogens is 1. The third-order valence-electron chi connectivity index (χ3n) is 3.29. The minimum atomic E-state index is -3.80. The van der Waals surface area contributed by atoms with Crippen molar-refractivity contribution in [1.29, 1.82) is 5.26 Å². The summed E-state index contributed by atoms with van der Waals surface area (Å²) in [4.78, 5) is -0.0489. The van der Waals surface area contributed by atoms with Crippen LogP contribution in [0.15, 0.2) is 41.3 Å². The van der Waals surface area contributed by atoms with Crippen molar-refractivity contribution in [1.82, 2.24) is 0 Å². The van der Waals surface area contributed by atoms with Crippen molar-refractivity contribution >= 4 is 27.3 Å². The van der Waals surface area contributed by atoms with Crippen LogP contribution in [0.3, 0.4) is 0 Å². The van der Waals surface area contributed by atoms with Gasteiger partial charge in [0.05, 0.1) is 22.3 Å². The van der Waals surface area contributed by atoms with E-state index in [2.05, 4.69) is 4.72 Å². The lowest BCUT2D eigenvalue weighted by Crippen LogP contribution is -2.14. The molecule has 0 saturated carbocycles. The summed E-state index contributed by atoms with van der Waals surface area (Å²) in [7, 11) is -3.80. The number of rotatable bonds is 4. The molecule has 0 aliphatic carbocycles. The van der Waals surface area contributed by atoms with E-state index in [1.54, 1.807) is 6.07 Å². The highest BCUT2D eigenvalue weighted by Gasteiger charge is 2.19. The summed E-state index contributed by atoms with van der Waals surface area (Å²) in [5.41, 5.74) is 2.80. The molecular formula is C16H15ClN2O2S. The lowest BCUT2D eigenvalue weighted by Gasteiger charge is -2.12. The van der Waals surface area contributed by atoms with Crippen LogP contribution in [0, 0.1) is 18.3 Å². The van der Waals surface area contributed by atoms with Gasteiger partial charge >= 0.3 is 0 Å². The van der Waals surface area contributed by atoms with Gasteiger partial charge in [0.25, 0.3) is 10.0 Å². The van der Waals surface area contributed by atoms with Crippen LogP contribution in [0.25, 0.3) is 0 Å². The number of hydrogen-bond acceptors (Lipinski definition) is 3. The van der Waals surface area contributed by atoms with Gasteiger partial charge in [-0.05, 0) is 48.7 Å². The second kappa shape index (κ2) is 6.39. The number of aryl methyl sites for hydroxylation is 2. The Hall–Kier alpha value is -2.03. The smallest absolute Gasteiger partial charge is 0.263 e. The lowest BCUT2D eigenvalue weighted by molar-refractivity contribution is 0.601. The molecule has 0 aliphatic rings. The van der Waals surface area contributed by atoms with Crippen LogP contribution in [0.2, 0.25) is 5.02 Å². The van der Waals surface area contributed by atoms with Crippen LogP contribution in [-0.2, 0) is 16.4 Å². The average molecular weight is 335 g/mol. The molecule has 0 unspecified atom stereocenters. The van der Waals surface area contributed by atoms with Crippen LogP contribution in [-0.4, -0.2) is 8.42 Å². The summed E-state index contributed by atoms with van der Waals surface area (Å²) >= 11 is 5.98. The molecule has 0 spiro atoms. The van der Waals surface area contributed by atoms with Gasteiger partial charge in [0, 0.05) is 0 Å². The van der Waals surface area contributed by atoms with Gasteiger partial charge in [0.1, 0.15) is 4.90 Å². The van der Waals surface area contributed by atoms with Gasteiger partial charge < -0.3 is 0 Å². The van der Waals surface area contributed by atoms with Crippen LogP contribution < -0.4 is 4.72 Å². The molecule has 6 heteroatoms. The van der Waals surface area contributed by atoms with Crippen molar-refractivity contribution in [2.45, 2.75) is 25.2 Å². The Morgan fingerprint density at radius 2 is 1.95 bits per heavy atom. The van der Waals surface area contributed by atoms with Crippen molar-refractivity contribution in [3.05, 3.63) is 58.1 Å². The molecule has 4 nitrogen and oxygen atoms in total. The highest BCUT2D eigenvalue weighted by molar-refractivity contribution is 7.92. The second-order valence-electron chi connectivity index (χ2n) is 4.87. The number of nitrogens with one attached hydrogen (secondary N) is 1. The van der Waals surface area contributed by atoms with Crippen molar-refractivity contribution in [3.63, 3.8) is 0 Å². The number of anilines is 1. The van der Waals surface area contributed by atoms with E-state index in [1.807, 2.05) is 32.0 Å². The van der Waals surface area contributed by atoms with E-state index in [0.717, 1.165) is 17.5 Å². The quantitative estimate of drug-likeness (QED) is 0.922. The normalized spacial score (nSPS) is 11.0. The molecule has 114 valence electrons. The van der Waals surface area contributed by atoms with Crippen molar-refractivity contribution < 1.29 is 8.42 Å². The van der Waals surface area contributed by atoms with Crippen LogP contribution in [0.4, 0.5) is 5.69 Å². The van der Waals surface area contributed by atoms with E-state index in [4.69, 9.17) is 16.9 Å². The Balaban J connectivity index is 2.38. The summed E-state index contributed by atoms with van der Waals surface area (Å²) in [6, 6.07) is 11.6. The van der Waals surface area contributed by atoms with E-state index in [-0.39, 0.29) is 9.92 Å². The Labute approximate surface area is 135 Å². The third-order valence-corrected chi connectivity index (χ3v) is 5.14. The molecule has 2 rings (SSSR count). The Kier molecular flexibility index (Phi) is 4.74. The van der Waals surface area contributed by atoms with Gasteiger partial charge in [-0.1, -0.05) is 30.7 Å². The summed E-state index contributed by atoms with van der Waals surface area (Å²) < 4.78 is 27.4. The van der Waals surface area contributed by atoms with Gasteiger partial charge in [-0.15, -0.1) is 0 Å². The first-order valence-electron chi connectivity index (χ1n) is 6.69. The standard InChI is InChI=1S/C16H15ClN2O2S/c1-3-12-4-6-15(11(2)8-12)19-22(20,21)16-7-5-13(10-18)9-14(16)17/h4-9,19H,3H2,1-2H3. The zero-order valence-corrected chi connectivity index (χ0v) is 13.8. The van der Waals surface area contributed by atoms with Gasteiger partial charge in [-0.25, -0.2) is 8.42 Å². The van der Waals surface area contributed by atoms with E-state index in [9.17, 15) is 8.42 Å². The molecule has 1 N–H and O–H groups in total. The Bertz CT molecular complexity index is 855. The molecule has 0 aliphatic heterocycles. The molecule has 0 heterocycles. The van der Waals surface area contributed by atoms with E-state index >= 15 is 0 Å². The van der Waals surface area contributed by atoms with Crippen LogP contribution in [0.5, 0.6) is 0 Å². The topological polar surface area (TPSA) is 70.0 Å². The number of sulfonamides is 1. The molecule has 0 saturated heterocycles. The number of nitrogens with zero attached hydrogens (tertiary/aromatic N) is 1. The molecule has 0 radical (unpaired) electrons. The predicted octanol–water partition coefficient (Wildman–Crippen LogP) is 3.88. The maximum absolute atomic E-state index is 12.5. The molecule has 0 atom stereocenters. The Morgan fingerprint density at radius 3 is 2.50 bits per heavy atom. The van der Waals surface area contributed by atoms with Gasteiger partial charge in [0.2, 0.25) is 0 Å². The van der Waals surface area contributed by atoms with E-state index in [0.29, 0.717) is 11.3 Å². The van der Waals surface area contributed by atoms with Gasteiger partial charge in [0.15, 0.2) is 0 Å². The molecule has 0 amide bonds. The molecule has 22 heavy (non-hydrogen) atoms. The van der Waals surface area contributed by atoms with Gasteiger partial charge in [-0.2, -0.15) is 5.26 Å². The number of benzene rings is 2. The molecule has 0 aromatic heterocycles. The molecule has 0 fully saturated rings. The molecule has 0 bridgehead atoms. The highest BCUT2D eigenvalue weighted by atomic mass is 35.5. The fraction of sp³-hybridized carbons (Fsp3) is 0.188. The average Bonchev–Trinajstić information content (AvgIpc) is 2.48. The monoisotopic (exact) mass is 334 g/mol. The van der Waals surface area contributed by atoms with Gasteiger partial charge in [-0.3, -0.25) is 4.72 Å². The first-order valence-corrected chi connectivity index (χ1v) is 8.55. The maximum Gasteiger partial charge on any atom is 0.263 e. The summed E-state index contributed by atoms with van der Waals surface area (Å²) in [6.45, 7) is 3.88. The fourth-order valence-corrected chi connectivity index (χ4v) is 3.72. The van der Waals surface area contributed by atoms with E-state index < -0.39 is 10.0 Å². The number of hydrogen-bond donors (Lipinski definition) is 1. The van der Waals surface area contributed by atoms with Crippen LogP contribution in [0.1, 0.15) is 23.6 Å². The first kappa shape index (κ1) is 16.3. The minimum absolute atomic E-state index is 0.0226. The van der Waals surface area contributed by atoms with Crippen LogP contribution >= 0.6 is 11.6 Å².